The van der Waals surface area contributed by atoms with Crippen molar-refractivity contribution in [2.75, 3.05) is 5.32 Å². The van der Waals surface area contributed by atoms with Gasteiger partial charge in [0.25, 0.3) is 0 Å². The van der Waals surface area contributed by atoms with Crippen molar-refractivity contribution in [1.82, 2.24) is 0 Å². The van der Waals surface area contributed by atoms with E-state index in [1.165, 1.54) is 0 Å². The first-order valence-electron chi connectivity index (χ1n) is 5.87. The van der Waals surface area contributed by atoms with Crippen LogP contribution < -0.4 is 11.1 Å². The van der Waals surface area contributed by atoms with E-state index in [0.717, 1.165) is 23.0 Å². The average molecular weight is 299 g/mol. The second-order valence-corrected chi connectivity index (χ2v) is 5.10. The Morgan fingerprint density at radius 3 is 2.35 bits per heavy atom. The van der Waals surface area contributed by atoms with Crippen LogP contribution in [0.5, 0.6) is 0 Å². The highest BCUT2D eigenvalue weighted by atomic mass is 79.9. The average Bonchev–Trinajstić information content (AvgIpc) is 2.31. The first kappa shape index (κ1) is 14.0. The minimum Gasteiger partial charge on any atom is -0.371 e. The van der Waals surface area contributed by atoms with Crippen LogP contribution in [-0.2, 0) is 4.79 Å². The van der Waals surface area contributed by atoms with Gasteiger partial charge in [-0.25, -0.2) is 0 Å². The van der Waals surface area contributed by atoms with Crippen molar-refractivity contribution in [2.24, 2.45) is 5.73 Å². The van der Waals surface area contributed by atoms with Crippen LogP contribution in [0.4, 0.5) is 5.69 Å². The summed E-state index contributed by atoms with van der Waals surface area (Å²) in [7, 11) is 0. The molecule has 0 bridgehead atoms. The Kier molecular flexibility index (Phi) is 5.00. The van der Waals surface area contributed by atoms with E-state index < -0.39 is 5.54 Å². The first-order chi connectivity index (χ1) is 8.04. The molecule has 0 aliphatic rings. The summed E-state index contributed by atoms with van der Waals surface area (Å²) in [4.78, 5) is 11.7. The van der Waals surface area contributed by atoms with E-state index in [2.05, 4.69) is 28.2 Å². The van der Waals surface area contributed by atoms with Gasteiger partial charge in [0.1, 0.15) is 5.54 Å². The molecule has 1 aromatic carbocycles. The van der Waals surface area contributed by atoms with Crippen molar-refractivity contribution in [1.29, 1.82) is 0 Å². The van der Waals surface area contributed by atoms with Crippen LogP contribution in [0.3, 0.4) is 0 Å². The molecule has 0 heterocycles. The summed E-state index contributed by atoms with van der Waals surface area (Å²) in [6.07, 6.45) is 2.35. The summed E-state index contributed by atoms with van der Waals surface area (Å²) in [6, 6.07) is 7.76. The lowest BCUT2D eigenvalue weighted by Crippen LogP contribution is -2.50. The number of nitrogens with one attached hydrogen (secondary N) is 1. The fourth-order valence-corrected chi connectivity index (χ4v) is 2.19. The Morgan fingerprint density at radius 2 is 1.94 bits per heavy atom. The highest BCUT2D eigenvalue weighted by molar-refractivity contribution is 9.10. The molecular formula is C13H19BrN2O. The van der Waals surface area contributed by atoms with Gasteiger partial charge in [0.15, 0.2) is 0 Å². The van der Waals surface area contributed by atoms with Gasteiger partial charge in [-0.2, -0.15) is 0 Å². The number of hydrogen-bond acceptors (Lipinski definition) is 2. The summed E-state index contributed by atoms with van der Waals surface area (Å²) < 4.78 is 1.01. The first-order valence-corrected chi connectivity index (χ1v) is 6.67. The molecule has 3 nitrogen and oxygen atoms in total. The van der Waals surface area contributed by atoms with E-state index in [-0.39, 0.29) is 5.91 Å². The van der Waals surface area contributed by atoms with Gasteiger partial charge in [-0.15, -0.1) is 0 Å². The van der Waals surface area contributed by atoms with Crippen LogP contribution in [0.1, 0.15) is 33.1 Å². The number of primary amides is 1. The van der Waals surface area contributed by atoms with Gasteiger partial charge < -0.3 is 11.1 Å². The highest BCUT2D eigenvalue weighted by Crippen LogP contribution is 2.24. The molecule has 17 heavy (non-hydrogen) atoms. The molecule has 94 valence electrons. The quantitative estimate of drug-likeness (QED) is 0.847. The number of amides is 1. The van der Waals surface area contributed by atoms with Gasteiger partial charge in [0.05, 0.1) is 0 Å². The lowest BCUT2D eigenvalue weighted by molar-refractivity contribution is -0.122. The van der Waals surface area contributed by atoms with Crippen LogP contribution >= 0.6 is 15.9 Å². The molecule has 1 rings (SSSR count). The highest BCUT2D eigenvalue weighted by Gasteiger charge is 2.33. The third-order valence-electron chi connectivity index (χ3n) is 2.98. The van der Waals surface area contributed by atoms with Crippen LogP contribution in [0.2, 0.25) is 0 Å². The van der Waals surface area contributed by atoms with Crippen LogP contribution in [-0.4, -0.2) is 11.4 Å². The molecule has 0 aromatic heterocycles. The smallest absolute Gasteiger partial charge is 0.243 e. The van der Waals surface area contributed by atoms with Crippen LogP contribution in [0, 0.1) is 0 Å². The van der Waals surface area contributed by atoms with Crippen molar-refractivity contribution < 1.29 is 4.79 Å². The number of benzene rings is 1. The third kappa shape index (κ3) is 3.46. The summed E-state index contributed by atoms with van der Waals surface area (Å²) >= 11 is 3.38. The molecule has 1 aromatic rings. The number of carbonyl (C=O) groups excluding carboxylic acids is 1. The minimum absolute atomic E-state index is 0.287. The van der Waals surface area contributed by atoms with Gasteiger partial charge in [-0.3, -0.25) is 4.79 Å². The normalized spacial score (nSPS) is 14.1. The number of carbonyl (C=O) groups is 1. The molecule has 0 saturated carbocycles. The maximum Gasteiger partial charge on any atom is 0.243 e. The van der Waals surface area contributed by atoms with Gasteiger partial charge >= 0.3 is 0 Å². The van der Waals surface area contributed by atoms with Gasteiger partial charge in [0, 0.05) is 10.2 Å². The monoisotopic (exact) mass is 298 g/mol. The molecular weight excluding hydrogens is 280 g/mol. The molecule has 1 amide bonds. The molecule has 0 aliphatic heterocycles. The van der Waals surface area contributed by atoms with Crippen LogP contribution in [0.15, 0.2) is 28.7 Å². The molecule has 0 saturated heterocycles. The Hall–Kier alpha value is -1.03. The lowest BCUT2D eigenvalue weighted by atomic mass is 9.89. The molecule has 3 N–H and O–H groups in total. The SMILES string of the molecule is CCCC(CC)(Nc1ccc(Br)cc1)C(N)=O. The van der Waals surface area contributed by atoms with E-state index in [4.69, 9.17) is 5.73 Å². The summed E-state index contributed by atoms with van der Waals surface area (Å²) in [5.41, 5.74) is 5.82. The van der Waals surface area contributed by atoms with E-state index in [9.17, 15) is 4.79 Å². The molecule has 0 fully saturated rings. The number of anilines is 1. The zero-order chi connectivity index (χ0) is 12.9. The largest absolute Gasteiger partial charge is 0.371 e. The molecule has 0 aliphatic carbocycles. The van der Waals surface area contributed by atoms with Crippen molar-refractivity contribution >= 4 is 27.5 Å². The summed E-state index contributed by atoms with van der Waals surface area (Å²) in [5, 5.41) is 3.27. The topological polar surface area (TPSA) is 55.1 Å². The second kappa shape index (κ2) is 6.05. The molecule has 4 heteroatoms. The van der Waals surface area contributed by atoms with Crippen molar-refractivity contribution in [2.45, 2.75) is 38.6 Å². The van der Waals surface area contributed by atoms with E-state index in [1.54, 1.807) is 0 Å². The summed E-state index contributed by atoms with van der Waals surface area (Å²) in [5.74, 6) is -0.287. The number of nitrogens with two attached hydrogens (primary N) is 1. The Bertz CT molecular complexity index is 378. The lowest BCUT2D eigenvalue weighted by Gasteiger charge is -2.31. The fraction of sp³-hybridized carbons (Fsp3) is 0.462. The van der Waals surface area contributed by atoms with Crippen LogP contribution in [0.25, 0.3) is 0 Å². The predicted molar refractivity (Wildman–Crippen MR) is 74.9 cm³/mol. The Labute approximate surface area is 111 Å². The van der Waals surface area contributed by atoms with E-state index in [1.807, 2.05) is 31.2 Å². The second-order valence-electron chi connectivity index (χ2n) is 4.18. The van der Waals surface area contributed by atoms with Crippen molar-refractivity contribution in [3.05, 3.63) is 28.7 Å². The maximum absolute atomic E-state index is 11.7. The van der Waals surface area contributed by atoms with Gasteiger partial charge in [-0.1, -0.05) is 36.2 Å². The maximum atomic E-state index is 11.7. The van der Waals surface area contributed by atoms with Crippen molar-refractivity contribution in [3.63, 3.8) is 0 Å². The summed E-state index contributed by atoms with van der Waals surface area (Å²) in [6.45, 7) is 4.03. The fourth-order valence-electron chi connectivity index (χ4n) is 1.92. The molecule has 0 spiro atoms. The number of halogens is 1. The number of rotatable bonds is 6. The van der Waals surface area contributed by atoms with Gasteiger partial charge in [0.2, 0.25) is 5.91 Å². The van der Waals surface area contributed by atoms with Crippen molar-refractivity contribution in [3.8, 4) is 0 Å². The molecule has 0 radical (unpaired) electrons. The standard InChI is InChI=1S/C13H19BrN2O/c1-3-9-13(4-2,12(15)17)16-11-7-5-10(14)6-8-11/h5-8,16H,3-4,9H2,1-2H3,(H2,15,17). The predicted octanol–water partition coefficient (Wildman–Crippen LogP) is 3.30. The minimum atomic E-state index is -0.636. The van der Waals surface area contributed by atoms with E-state index in [0.29, 0.717) is 6.42 Å². The molecule has 1 atom stereocenters. The Morgan fingerprint density at radius 1 is 1.35 bits per heavy atom. The Balaban J connectivity index is 2.92. The van der Waals surface area contributed by atoms with Gasteiger partial charge in [-0.05, 0) is 37.1 Å². The third-order valence-corrected chi connectivity index (χ3v) is 3.51. The molecule has 1 unspecified atom stereocenters. The zero-order valence-corrected chi connectivity index (χ0v) is 11.9. The number of hydrogen-bond donors (Lipinski definition) is 2. The van der Waals surface area contributed by atoms with E-state index >= 15 is 0 Å². The zero-order valence-electron chi connectivity index (χ0n) is 10.3.